The lowest BCUT2D eigenvalue weighted by atomic mass is 10.1. The number of furan rings is 1. The Bertz CT molecular complexity index is 1410. The van der Waals surface area contributed by atoms with Crippen LogP contribution in [0.4, 0.5) is 11.4 Å². The summed E-state index contributed by atoms with van der Waals surface area (Å²) in [6.45, 7) is 2.32. The number of aryl methyl sites for hydroxylation is 1. The molecule has 3 N–H and O–H groups in total. The molecule has 12 nitrogen and oxygen atoms in total. The molecule has 4 rings (SSSR count). The van der Waals surface area contributed by atoms with E-state index in [9.17, 15) is 25.0 Å². The Hall–Kier alpha value is -4.92. The standard InChI is InChI=1S/C26H27N7O5/c1-17-12-19-13-20(7-10-23(19)38-17)30-26(29-16-27)31-22-4-2-3-11-32(25(22)35)15-24(34)28-14-18-5-8-21(9-6-18)33(36)37/h5-10,12-13,22H,2-4,11,14-15H2,1H3,(H,28,34)(H2,29,30,31). The maximum atomic E-state index is 13.3. The molecule has 2 amide bonds. The van der Waals surface area contributed by atoms with Gasteiger partial charge in [0.15, 0.2) is 6.19 Å². The molecule has 2 heterocycles. The summed E-state index contributed by atoms with van der Waals surface area (Å²) in [5.41, 5.74) is 2.08. The number of carbonyl (C=O) groups excluding carboxylic acids is 2. The van der Waals surface area contributed by atoms with E-state index in [1.54, 1.807) is 18.2 Å². The van der Waals surface area contributed by atoms with Crippen LogP contribution < -0.4 is 16.0 Å². The van der Waals surface area contributed by atoms with Gasteiger partial charge in [-0.25, -0.2) is 4.99 Å². The lowest BCUT2D eigenvalue weighted by Crippen LogP contribution is -2.44. The van der Waals surface area contributed by atoms with Crippen molar-refractivity contribution in [3.05, 3.63) is 70.0 Å². The first-order chi connectivity index (χ1) is 18.3. The molecule has 2 aromatic carbocycles. The number of likely N-dealkylation sites (tertiary alicyclic amines) is 1. The number of benzene rings is 2. The quantitative estimate of drug-likeness (QED) is 0.107. The minimum atomic E-state index is -0.761. The normalized spacial score (nSPS) is 16.0. The van der Waals surface area contributed by atoms with Gasteiger partial charge >= 0.3 is 0 Å². The minimum Gasteiger partial charge on any atom is -0.461 e. The van der Waals surface area contributed by atoms with Crippen molar-refractivity contribution >= 4 is 40.1 Å². The number of carbonyl (C=O) groups is 2. The Morgan fingerprint density at radius 3 is 2.76 bits per heavy atom. The number of hydrogen-bond acceptors (Lipinski definition) is 7. The molecule has 0 bridgehead atoms. The van der Waals surface area contributed by atoms with Crippen LogP contribution in [0.25, 0.3) is 11.0 Å². The van der Waals surface area contributed by atoms with Crippen LogP contribution >= 0.6 is 0 Å². The number of guanidine groups is 1. The number of hydrogen-bond donors (Lipinski definition) is 3. The lowest BCUT2D eigenvalue weighted by molar-refractivity contribution is -0.384. The molecule has 12 heteroatoms. The molecule has 0 radical (unpaired) electrons. The van der Waals surface area contributed by atoms with Crippen LogP contribution in [0.1, 0.15) is 30.6 Å². The van der Waals surface area contributed by atoms with Gasteiger partial charge in [-0.05, 0) is 56.0 Å². The van der Waals surface area contributed by atoms with Gasteiger partial charge in [0.2, 0.25) is 17.8 Å². The average molecular weight is 518 g/mol. The summed E-state index contributed by atoms with van der Waals surface area (Å²) >= 11 is 0. The Kier molecular flexibility index (Phi) is 8.17. The fraction of sp³-hybridized carbons (Fsp3) is 0.308. The van der Waals surface area contributed by atoms with Crippen molar-refractivity contribution in [2.45, 2.75) is 38.8 Å². The number of nitriles is 1. The van der Waals surface area contributed by atoms with E-state index >= 15 is 0 Å². The number of anilines is 1. The summed E-state index contributed by atoms with van der Waals surface area (Å²) in [6, 6.07) is 12.5. The van der Waals surface area contributed by atoms with Crippen LogP contribution in [0.3, 0.4) is 0 Å². The van der Waals surface area contributed by atoms with E-state index in [-0.39, 0.29) is 36.6 Å². The highest BCUT2D eigenvalue weighted by Crippen LogP contribution is 2.23. The molecule has 1 saturated heterocycles. The summed E-state index contributed by atoms with van der Waals surface area (Å²) in [5.74, 6) is 0.267. The highest BCUT2D eigenvalue weighted by atomic mass is 16.6. The molecule has 1 aliphatic heterocycles. The zero-order valence-corrected chi connectivity index (χ0v) is 20.8. The highest BCUT2D eigenvalue weighted by Gasteiger charge is 2.28. The fourth-order valence-corrected chi connectivity index (χ4v) is 4.22. The second-order valence-electron chi connectivity index (χ2n) is 8.92. The van der Waals surface area contributed by atoms with Gasteiger partial charge in [-0.2, -0.15) is 5.26 Å². The third kappa shape index (κ3) is 6.64. The predicted octanol–water partition coefficient (Wildman–Crippen LogP) is 3.19. The van der Waals surface area contributed by atoms with Crippen molar-refractivity contribution in [3.8, 4) is 6.19 Å². The number of nitrogens with zero attached hydrogens (tertiary/aromatic N) is 4. The Morgan fingerprint density at radius 2 is 2.03 bits per heavy atom. The summed E-state index contributed by atoms with van der Waals surface area (Å²) in [7, 11) is 0. The van der Waals surface area contributed by atoms with E-state index in [1.807, 2.05) is 31.3 Å². The number of fused-ring (bicyclic) bond motifs is 1. The topological polar surface area (TPSA) is 166 Å². The van der Waals surface area contributed by atoms with Crippen LogP contribution in [-0.4, -0.2) is 46.7 Å². The maximum Gasteiger partial charge on any atom is 0.269 e. The number of amides is 2. The van der Waals surface area contributed by atoms with Gasteiger partial charge in [0.05, 0.1) is 11.5 Å². The van der Waals surface area contributed by atoms with Gasteiger partial charge in [-0.1, -0.05) is 12.1 Å². The van der Waals surface area contributed by atoms with Gasteiger partial charge in [-0.3, -0.25) is 25.0 Å². The molecule has 1 fully saturated rings. The van der Waals surface area contributed by atoms with Crippen molar-refractivity contribution in [1.29, 1.82) is 5.26 Å². The Morgan fingerprint density at radius 1 is 1.24 bits per heavy atom. The molecule has 1 atom stereocenters. The molecule has 3 aromatic rings. The highest BCUT2D eigenvalue weighted by molar-refractivity contribution is 5.98. The van der Waals surface area contributed by atoms with Gasteiger partial charge in [0.25, 0.3) is 5.69 Å². The van der Waals surface area contributed by atoms with E-state index in [2.05, 4.69) is 20.9 Å². The van der Waals surface area contributed by atoms with E-state index in [4.69, 9.17) is 4.42 Å². The van der Waals surface area contributed by atoms with Crippen LogP contribution in [-0.2, 0) is 16.1 Å². The molecule has 0 saturated carbocycles. The van der Waals surface area contributed by atoms with Crippen molar-refractivity contribution in [2.24, 2.45) is 4.99 Å². The molecule has 0 aliphatic carbocycles. The Balaban J connectivity index is 1.40. The number of rotatable bonds is 7. The summed E-state index contributed by atoms with van der Waals surface area (Å²) < 4.78 is 5.59. The van der Waals surface area contributed by atoms with Crippen LogP contribution in [0, 0.1) is 28.5 Å². The molecular weight excluding hydrogens is 490 g/mol. The predicted molar refractivity (Wildman–Crippen MR) is 140 cm³/mol. The molecule has 196 valence electrons. The van der Waals surface area contributed by atoms with Crippen molar-refractivity contribution in [2.75, 3.05) is 18.4 Å². The molecule has 1 aliphatic rings. The molecule has 38 heavy (non-hydrogen) atoms. The first-order valence-corrected chi connectivity index (χ1v) is 12.1. The number of nitro groups is 1. The van der Waals surface area contributed by atoms with E-state index in [0.717, 1.165) is 29.6 Å². The average Bonchev–Trinajstić information content (AvgIpc) is 3.18. The number of aliphatic imine (C=N–C) groups is 1. The van der Waals surface area contributed by atoms with Gasteiger partial charge < -0.3 is 20.0 Å². The summed E-state index contributed by atoms with van der Waals surface area (Å²) in [5, 5.41) is 29.2. The first kappa shape index (κ1) is 26.2. The lowest BCUT2D eigenvalue weighted by Gasteiger charge is -2.22. The van der Waals surface area contributed by atoms with Crippen LogP contribution in [0.15, 0.2) is 57.9 Å². The zero-order chi connectivity index (χ0) is 27.1. The smallest absolute Gasteiger partial charge is 0.269 e. The molecule has 0 spiro atoms. The van der Waals surface area contributed by atoms with Crippen molar-refractivity contribution < 1.29 is 18.9 Å². The molecule has 1 unspecified atom stereocenters. The second kappa shape index (κ2) is 11.9. The first-order valence-electron chi connectivity index (χ1n) is 12.1. The minimum absolute atomic E-state index is 0.0290. The summed E-state index contributed by atoms with van der Waals surface area (Å²) in [4.78, 5) is 42.1. The SMILES string of the molecule is Cc1cc2cc(NC(=NC3CCCCN(CC(=O)NCc4ccc([N+](=O)[O-])cc4)C3=O)NC#N)ccc2o1. The van der Waals surface area contributed by atoms with Crippen LogP contribution in [0.2, 0.25) is 0 Å². The third-order valence-electron chi connectivity index (χ3n) is 6.09. The second-order valence-corrected chi connectivity index (χ2v) is 8.92. The third-order valence-corrected chi connectivity index (χ3v) is 6.09. The maximum absolute atomic E-state index is 13.3. The van der Waals surface area contributed by atoms with Gasteiger partial charge in [0, 0.05) is 36.3 Å². The molecular formula is C26H27N7O5. The summed E-state index contributed by atoms with van der Waals surface area (Å²) in [6.07, 6.45) is 3.79. The van der Waals surface area contributed by atoms with Gasteiger partial charge in [-0.15, -0.1) is 0 Å². The molecule has 1 aromatic heterocycles. The number of nitrogens with one attached hydrogen (secondary N) is 3. The largest absolute Gasteiger partial charge is 0.461 e. The van der Waals surface area contributed by atoms with E-state index in [1.165, 1.54) is 17.0 Å². The van der Waals surface area contributed by atoms with Crippen LogP contribution in [0.5, 0.6) is 0 Å². The Labute approximate surface area is 218 Å². The van der Waals surface area contributed by atoms with E-state index in [0.29, 0.717) is 24.2 Å². The number of nitro benzene ring substituents is 1. The van der Waals surface area contributed by atoms with Crippen molar-refractivity contribution in [3.63, 3.8) is 0 Å². The van der Waals surface area contributed by atoms with E-state index < -0.39 is 11.0 Å². The number of non-ortho nitro benzene ring substituents is 1. The monoisotopic (exact) mass is 517 g/mol. The zero-order valence-electron chi connectivity index (χ0n) is 20.8. The fourth-order valence-electron chi connectivity index (χ4n) is 4.22. The van der Waals surface area contributed by atoms with Crippen molar-refractivity contribution in [1.82, 2.24) is 15.5 Å². The van der Waals surface area contributed by atoms with Gasteiger partial charge in [0.1, 0.15) is 17.4 Å².